The molecule has 1 aromatic rings. The van der Waals surface area contributed by atoms with Gasteiger partial charge >= 0.3 is 0 Å². The van der Waals surface area contributed by atoms with E-state index in [4.69, 9.17) is 21.1 Å². The molecule has 0 fully saturated rings. The summed E-state index contributed by atoms with van der Waals surface area (Å²) in [5, 5.41) is 0. The standard InChI is InChI=1S/C12H17ClO2S/c1-3-14-11-6-4-5-10(9-13)12(11)15-7-8-16-2/h4-6H,3,7-9H2,1-2H3. The van der Waals surface area contributed by atoms with Crippen LogP contribution in [0.1, 0.15) is 12.5 Å². The Hall–Kier alpha value is -0.540. The zero-order valence-electron chi connectivity index (χ0n) is 9.66. The number of alkyl halides is 1. The summed E-state index contributed by atoms with van der Waals surface area (Å²) >= 11 is 7.63. The van der Waals surface area contributed by atoms with Gasteiger partial charge in [0.25, 0.3) is 0 Å². The van der Waals surface area contributed by atoms with E-state index in [9.17, 15) is 0 Å². The van der Waals surface area contributed by atoms with Crippen molar-refractivity contribution in [2.24, 2.45) is 0 Å². The molecule has 4 heteroatoms. The molecule has 16 heavy (non-hydrogen) atoms. The Labute approximate surface area is 106 Å². The maximum Gasteiger partial charge on any atom is 0.165 e. The molecule has 0 atom stereocenters. The Morgan fingerprint density at radius 2 is 2.12 bits per heavy atom. The number of rotatable bonds is 7. The first-order valence-corrected chi connectivity index (χ1v) is 7.18. The lowest BCUT2D eigenvalue weighted by atomic mass is 10.2. The van der Waals surface area contributed by atoms with E-state index in [0.717, 1.165) is 22.8 Å². The van der Waals surface area contributed by atoms with Crippen LogP contribution in [-0.2, 0) is 5.88 Å². The molecular weight excluding hydrogens is 244 g/mol. The number of ether oxygens (including phenoxy) is 2. The van der Waals surface area contributed by atoms with Crippen molar-refractivity contribution in [3.8, 4) is 11.5 Å². The van der Waals surface area contributed by atoms with Crippen LogP contribution in [0, 0.1) is 0 Å². The second kappa shape index (κ2) is 7.69. The van der Waals surface area contributed by atoms with Gasteiger partial charge in [0.05, 0.1) is 19.1 Å². The van der Waals surface area contributed by atoms with Crippen LogP contribution in [0.15, 0.2) is 18.2 Å². The van der Waals surface area contributed by atoms with Gasteiger partial charge in [-0.25, -0.2) is 0 Å². The third-order valence-electron chi connectivity index (χ3n) is 2.04. The molecule has 0 aliphatic carbocycles. The number of halogens is 1. The normalized spacial score (nSPS) is 10.2. The molecule has 0 unspecified atom stereocenters. The minimum atomic E-state index is 0.440. The summed E-state index contributed by atoms with van der Waals surface area (Å²) in [4.78, 5) is 0. The Morgan fingerprint density at radius 1 is 1.31 bits per heavy atom. The molecule has 1 aromatic carbocycles. The van der Waals surface area contributed by atoms with Crippen molar-refractivity contribution in [2.75, 3.05) is 25.2 Å². The fraction of sp³-hybridized carbons (Fsp3) is 0.500. The predicted octanol–water partition coefficient (Wildman–Crippen LogP) is 3.57. The minimum Gasteiger partial charge on any atom is -0.490 e. The van der Waals surface area contributed by atoms with Crippen LogP contribution >= 0.6 is 23.4 Å². The first-order chi connectivity index (χ1) is 7.83. The highest BCUT2D eigenvalue weighted by molar-refractivity contribution is 7.98. The predicted molar refractivity (Wildman–Crippen MR) is 71.0 cm³/mol. The molecule has 0 heterocycles. The van der Waals surface area contributed by atoms with Crippen LogP contribution in [0.2, 0.25) is 0 Å². The van der Waals surface area contributed by atoms with E-state index in [0.29, 0.717) is 19.1 Å². The zero-order chi connectivity index (χ0) is 11.8. The minimum absolute atomic E-state index is 0.440. The van der Waals surface area contributed by atoms with Crippen LogP contribution < -0.4 is 9.47 Å². The summed E-state index contributed by atoms with van der Waals surface area (Å²) in [7, 11) is 0. The second-order valence-corrected chi connectivity index (χ2v) is 4.41. The number of hydrogen-bond acceptors (Lipinski definition) is 3. The number of thioether (sulfide) groups is 1. The third-order valence-corrected chi connectivity index (χ3v) is 2.90. The average molecular weight is 261 g/mol. The maximum absolute atomic E-state index is 5.88. The van der Waals surface area contributed by atoms with Gasteiger partial charge in [0, 0.05) is 11.3 Å². The smallest absolute Gasteiger partial charge is 0.165 e. The molecule has 0 N–H and O–H groups in total. The van der Waals surface area contributed by atoms with Crippen molar-refractivity contribution in [1.29, 1.82) is 0 Å². The Kier molecular flexibility index (Phi) is 6.50. The van der Waals surface area contributed by atoms with Gasteiger partial charge in [-0.05, 0) is 19.2 Å². The molecule has 0 radical (unpaired) electrons. The van der Waals surface area contributed by atoms with Crippen molar-refractivity contribution in [2.45, 2.75) is 12.8 Å². The van der Waals surface area contributed by atoms with E-state index >= 15 is 0 Å². The molecule has 0 bridgehead atoms. The summed E-state index contributed by atoms with van der Waals surface area (Å²) in [6, 6.07) is 5.81. The lowest BCUT2D eigenvalue weighted by Gasteiger charge is -2.14. The van der Waals surface area contributed by atoms with Gasteiger partial charge in [-0.1, -0.05) is 12.1 Å². The third kappa shape index (κ3) is 3.80. The molecule has 0 saturated heterocycles. The highest BCUT2D eigenvalue weighted by Gasteiger charge is 2.09. The molecule has 0 amide bonds. The monoisotopic (exact) mass is 260 g/mol. The number of hydrogen-bond donors (Lipinski definition) is 0. The molecule has 0 aromatic heterocycles. The van der Waals surface area contributed by atoms with Crippen molar-refractivity contribution in [3.05, 3.63) is 23.8 Å². The van der Waals surface area contributed by atoms with Crippen molar-refractivity contribution >= 4 is 23.4 Å². The molecule has 0 spiro atoms. The number of benzene rings is 1. The van der Waals surface area contributed by atoms with Gasteiger partial charge in [0.15, 0.2) is 11.5 Å². The van der Waals surface area contributed by atoms with Crippen molar-refractivity contribution in [1.82, 2.24) is 0 Å². The van der Waals surface area contributed by atoms with E-state index in [1.807, 2.05) is 25.1 Å². The molecular formula is C12H17ClO2S. The Morgan fingerprint density at radius 3 is 2.75 bits per heavy atom. The zero-order valence-corrected chi connectivity index (χ0v) is 11.2. The molecule has 1 rings (SSSR count). The summed E-state index contributed by atoms with van der Waals surface area (Å²) in [5.41, 5.74) is 0.980. The molecule has 0 aliphatic rings. The fourth-order valence-corrected chi connectivity index (χ4v) is 1.79. The van der Waals surface area contributed by atoms with Crippen LogP contribution in [0.5, 0.6) is 11.5 Å². The van der Waals surface area contributed by atoms with E-state index in [1.54, 1.807) is 11.8 Å². The highest BCUT2D eigenvalue weighted by Crippen LogP contribution is 2.32. The summed E-state index contributed by atoms with van der Waals surface area (Å²) < 4.78 is 11.2. The van der Waals surface area contributed by atoms with Crippen LogP contribution in [0.25, 0.3) is 0 Å². The van der Waals surface area contributed by atoms with Gasteiger partial charge in [-0.2, -0.15) is 11.8 Å². The Balaban J connectivity index is 2.81. The first-order valence-electron chi connectivity index (χ1n) is 5.25. The summed E-state index contributed by atoms with van der Waals surface area (Å²) in [5.74, 6) is 2.97. The van der Waals surface area contributed by atoms with Gasteiger partial charge in [-0.3, -0.25) is 0 Å². The van der Waals surface area contributed by atoms with Gasteiger partial charge < -0.3 is 9.47 Å². The lowest BCUT2D eigenvalue weighted by Crippen LogP contribution is -2.04. The largest absolute Gasteiger partial charge is 0.490 e. The topological polar surface area (TPSA) is 18.5 Å². The van der Waals surface area contributed by atoms with E-state index < -0.39 is 0 Å². The maximum atomic E-state index is 5.88. The van der Waals surface area contributed by atoms with E-state index in [1.165, 1.54) is 0 Å². The Bertz CT molecular complexity index is 318. The second-order valence-electron chi connectivity index (χ2n) is 3.15. The van der Waals surface area contributed by atoms with Crippen molar-refractivity contribution in [3.63, 3.8) is 0 Å². The van der Waals surface area contributed by atoms with E-state index in [2.05, 4.69) is 6.26 Å². The molecule has 0 aliphatic heterocycles. The quantitative estimate of drug-likeness (QED) is 0.552. The first kappa shape index (κ1) is 13.5. The number of para-hydroxylation sites is 1. The summed E-state index contributed by atoms with van der Waals surface area (Å²) in [6.07, 6.45) is 2.06. The average Bonchev–Trinajstić information content (AvgIpc) is 2.31. The highest BCUT2D eigenvalue weighted by atomic mass is 35.5. The summed E-state index contributed by atoms with van der Waals surface area (Å²) in [6.45, 7) is 3.26. The fourth-order valence-electron chi connectivity index (χ4n) is 1.33. The van der Waals surface area contributed by atoms with Crippen LogP contribution in [-0.4, -0.2) is 25.2 Å². The SMILES string of the molecule is CCOc1cccc(CCl)c1OCCSC. The molecule has 2 nitrogen and oxygen atoms in total. The molecule has 0 saturated carbocycles. The van der Waals surface area contributed by atoms with Crippen LogP contribution in [0.4, 0.5) is 0 Å². The van der Waals surface area contributed by atoms with Gasteiger partial charge in [-0.15, -0.1) is 11.6 Å². The van der Waals surface area contributed by atoms with Gasteiger partial charge in [0.2, 0.25) is 0 Å². The van der Waals surface area contributed by atoms with Crippen molar-refractivity contribution < 1.29 is 9.47 Å². The van der Waals surface area contributed by atoms with E-state index in [-0.39, 0.29) is 0 Å². The lowest BCUT2D eigenvalue weighted by molar-refractivity contribution is 0.287. The molecule has 90 valence electrons. The van der Waals surface area contributed by atoms with Crippen LogP contribution in [0.3, 0.4) is 0 Å². The van der Waals surface area contributed by atoms with Gasteiger partial charge in [0.1, 0.15) is 0 Å².